The van der Waals surface area contributed by atoms with Crippen molar-refractivity contribution in [3.05, 3.63) is 95.6 Å². The van der Waals surface area contributed by atoms with Crippen molar-refractivity contribution in [2.75, 3.05) is 6.61 Å². The van der Waals surface area contributed by atoms with Crippen molar-refractivity contribution in [2.24, 2.45) is 5.10 Å². The molecule has 0 atom stereocenters. The Morgan fingerprint density at radius 2 is 1.52 bits per heavy atom. The summed E-state index contributed by atoms with van der Waals surface area (Å²) in [6.07, 6.45) is 1.87. The van der Waals surface area contributed by atoms with E-state index < -0.39 is 0 Å². The summed E-state index contributed by atoms with van der Waals surface area (Å²) in [7, 11) is 0. The molecule has 0 spiro atoms. The number of rotatable bonds is 9. The minimum absolute atomic E-state index is 0.173. The largest absolute Gasteiger partial charge is 0.494 e. The Kier molecular flexibility index (Phi) is 7.41. The molecular formula is C24H24N2O3. The predicted octanol–water partition coefficient (Wildman–Crippen LogP) is 4.36. The van der Waals surface area contributed by atoms with Crippen molar-refractivity contribution in [3.8, 4) is 11.5 Å². The fraction of sp³-hybridized carbons (Fsp3) is 0.167. The van der Waals surface area contributed by atoms with E-state index in [4.69, 9.17) is 9.47 Å². The molecule has 3 rings (SSSR count). The molecule has 0 fully saturated rings. The molecule has 0 aliphatic carbocycles. The number of nitrogens with zero attached hydrogens (tertiary/aromatic N) is 1. The van der Waals surface area contributed by atoms with Gasteiger partial charge in [0.25, 0.3) is 0 Å². The third-order valence-corrected chi connectivity index (χ3v) is 4.13. The Morgan fingerprint density at radius 1 is 0.862 bits per heavy atom. The van der Waals surface area contributed by atoms with Gasteiger partial charge in [-0.2, -0.15) is 5.10 Å². The zero-order chi connectivity index (χ0) is 20.3. The quantitative estimate of drug-likeness (QED) is 0.438. The second kappa shape index (κ2) is 10.7. The zero-order valence-electron chi connectivity index (χ0n) is 16.4. The number of carbonyl (C=O) groups excluding carboxylic acids is 1. The molecule has 0 aliphatic rings. The Bertz CT molecular complexity index is 921. The van der Waals surface area contributed by atoms with E-state index in [1.54, 1.807) is 6.21 Å². The van der Waals surface area contributed by atoms with Gasteiger partial charge in [-0.15, -0.1) is 0 Å². The second-order valence-corrected chi connectivity index (χ2v) is 6.39. The van der Waals surface area contributed by atoms with Crippen LogP contribution in [-0.2, 0) is 17.8 Å². The lowest BCUT2D eigenvalue weighted by Gasteiger charge is -2.06. The maximum absolute atomic E-state index is 12.0. The third kappa shape index (κ3) is 6.81. The van der Waals surface area contributed by atoms with Crippen molar-refractivity contribution in [2.45, 2.75) is 20.0 Å². The molecule has 1 N–H and O–H groups in total. The number of benzene rings is 3. The van der Waals surface area contributed by atoms with E-state index in [1.165, 1.54) is 0 Å². The van der Waals surface area contributed by atoms with Gasteiger partial charge in [0.15, 0.2) is 0 Å². The number of nitrogens with one attached hydrogen (secondary N) is 1. The Hall–Kier alpha value is -3.60. The minimum Gasteiger partial charge on any atom is -0.494 e. The fourth-order valence-electron chi connectivity index (χ4n) is 2.66. The van der Waals surface area contributed by atoms with Crippen LogP contribution in [0.1, 0.15) is 23.6 Å². The van der Waals surface area contributed by atoms with Crippen LogP contribution in [0.2, 0.25) is 0 Å². The van der Waals surface area contributed by atoms with Gasteiger partial charge in [-0.3, -0.25) is 4.79 Å². The molecule has 1 amide bonds. The van der Waals surface area contributed by atoms with Gasteiger partial charge in [0.05, 0.1) is 19.2 Å². The number of hydrogen-bond acceptors (Lipinski definition) is 4. The van der Waals surface area contributed by atoms with Gasteiger partial charge < -0.3 is 9.47 Å². The molecule has 0 aromatic heterocycles. The normalized spacial score (nSPS) is 10.7. The molecule has 29 heavy (non-hydrogen) atoms. The van der Waals surface area contributed by atoms with Gasteiger partial charge in [-0.1, -0.05) is 42.5 Å². The van der Waals surface area contributed by atoms with Crippen molar-refractivity contribution in [1.29, 1.82) is 0 Å². The van der Waals surface area contributed by atoms with Crippen LogP contribution in [0.3, 0.4) is 0 Å². The van der Waals surface area contributed by atoms with Crippen molar-refractivity contribution in [3.63, 3.8) is 0 Å². The highest BCUT2D eigenvalue weighted by molar-refractivity contribution is 5.83. The van der Waals surface area contributed by atoms with Gasteiger partial charge in [-0.25, -0.2) is 5.43 Å². The highest BCUT2D eigenvalue weighted by Gasteiger charge is 2.02. The summed E-state index contributed by atoms with van der Waals surface area (Å²) in [5.41, 5.74) is 5.44. The van der Waals surface area contributed by atoms with Crippen LogP contribution in [0.25, 0.3) is 0 Å². The van der Waals surface area contributed by atoms with Crippen LogP contribution in [0.15, 0.2) is 84.0 Å². The zero-order valence-corrected chi connectivity index (χ0v) is 16.4. The lowest BCUT2D eigenvalue weighted by Crippen LogP contribution is -2.19. The van der Waals surface area contributed by atoms with Crippen molar-refractivity contribution < 1.29 is 14.3 Å². The smallest absolute Gasteiger partial charge is 0.244 e. The first-order chi connectivity index (χ1) is 14.2. The van der Waals surface area contributed by atoms with Crippen LogP contribution in [-0.4, -0.2) is 18.7 Å². The van der Waals surface area contributed by atoms with Crippen molar-refractivity contribution in [1.82, 2.24) is 5.43 Å². The lowest BCUT2D eigenvalue weighted by molar-refractivity contribution is -0.120. The van der Waals surface area contributed by atoms with Crippen LogP contribution in [0.5, 0.6) is 11.5 Å². The summed E-state index contributed by atoms with van der Waals surface area (Å²) in [5.74, 6) is 1.41. The average molecular weight is 388 g/mol. The van der Waals surface area contributed by atoms with E-state index in [2.05, 4.69) is 10.5 Å². The molecule has 0 aliphatic heterocycles. The summed E-state index contributed by atoms with van der Waals surface area (Å²) >= 11 is 0. The number of hydrazone groups is 1. The summed E-state index contributed by atoms with van der Waals surface area (Å²) in [4.78, 5) is 12.0. The van der Waals surface area contributed by atoms with Gasteiger partial charge in [0, 0.05) is 0 Å². The molecule has 3 aromatic rings. The molecule has 3 aromatic carbocycles. The summed E-state index contributed by atoms with van der Waals surface area (Å²) < 4.78 is 11.1. The molecule has 0 bridgehead atoms. The highest BCUT2D eigenvalue weighted by atomic mass is 16.5. The Balaban J connectivity index is 1.44. The van der Waals surface area contributed by atoms with Crippen molar-refractivity contribution >= 4 is 12.1 Å². The molecule has 148 valence electrons. The molecule has 0 heterocycles. The first-order valence-corrected chi connectivity index (χ1v) is 9.53. The van der Waals surface area contributed by atoms with E-state index in [1.807, 2.05) is 85.8 Å². The number of ether oxygens (including phenoxy) is 2. The molecular weight excluding hydrogens is 364 g/mol. The topological polar surface area (TPSA) is 59.9 Å². The maximum atomic E-state index is 12.0. The van der Waals surface area contributed by atoms with Gasteiger partial charge >= 0.3 is 0 Å². The predicted molar refractivity (Wildman–Crippen MR) is 114 cm³/mol. The van der Waals surface area contributed by atoms with Gasteiger partial charge in [0.1, 0.15) is 18.1 Å². The highest BCUT2D eigenvalue weighted by Crippen LogP contribution is 2.14. The van der Waals surface area contributed by atoms with Crippen LogP contribution < -0.4 is 14.9 Å². The standard InChI is InChI=1S/C24H24N2O3/c1-2-28-22-12-8-19(9-13-22)16-24(27)26-25-17-20-10-14-23(15-11-20)29-18-21-6-4-3-5-7-21/h3-15,17H,2,16,18H2,1H3,(H,26,27)/b25-17+. The summed E-state index contributed by atoms with van der Waals surface area (Å²) in [5, 5.41) is 4.02. The molecule has 0 unspecified atom stereocenters. The van der Waals surface area contributed by atoms with Crippen LogP contribution in [0, 0.1) is 0 Å². The first-order valence-electron chi connectivity index (χ1n) is 9.53. The minimum atomic E-state index is -0.173. The van der Waals surface area contributed by atoms with E-state index in [9.17, 15) is 4.79 Å². The molecule has 0 saturated carbocycles. The Labute approximate surface area is 171 Å². The molecule has 0 saturated heterocycles. The number of hydrogen-bond donors (Lipinski definition) is 1. The van der Waals surface area contributed by atoms with Crippen LogP contribution >= 0.6 is 0 Å². The monoisotopic (exact) mass is 388 g/mol. The Morgan fingerprint density at radius 3 is 2.21 bits per heavy atom. The summed E-state index contributed by atoms with van der Waals surface area (Å²) in [6.45, 7) is 3.08. The number of carbonyl (C=O) groups is 1. The number of amides is 1. The van der Waals surface area contributed by atoms with Gasteiger partial charge in [-0.05, 0) is 60.0 Å². The maximum Gasteiger partial charge on any atom is 0.244 e. The molecule has 5 heteroatoms. The van der Waals surface area contributed by atoms with Crippen LogP contribution in [0.4, 0.5) is 0 Å². The second-order valence-electron chi connectivity index (χ2n) is 6.39. The fourth-order valence-corrected chi connectivity index (χ4v) is 2.66. The first kappa shape index (κ1) is 20.1. The van der Waals surface area contributed by atoms with Gasteiger partial charge in [0.2, 0.25) is 5.91 Å². The third-order valence-electron chi connectivity index (χ3n) is 4.13. The van der Waals surface area contributed by atoms with E-state index in [0.29, 0.717) is 13.2 Å². The van der Waals surface area contributed by atoms with E-state index in [0.717, 1.165) is 28.2 Å². The summed E-state index contributed by atoms with van der Waals surface area (Å²) in [6, 6.07) is 25.0. The average Bonchev–Trinajstić information content (AvgIpc) is 2.75. The van der Waals surface area contributed by atoms with E-state index in [-0.39, 0.29) is 12.3 Å². The SMILES string of the molecule is CCOc1ccc(CC(=O)N/N=C/c2ccc(OCc3ccccc3)cc2)cc1. The van der Waals surface area contributed by atoms with E-state index >= 15 is 0 Å². The lowest BCUT2D eigenvalue weighted by atomic mass is 10.1. The molecule has 5 nitrogen and oxygen atoms in total. The molecule has 0 radical (unpaired) electrons.